The van der Waals surface area contributed by atoms with Crippen LogP contribution in [0.5, 0.6) is 0 Å². The van der Waals surface area contributed by atoms with Gasteiger partial charge in [-0.25, -0.2) is 4.68 Å². The fourth-order valence-electron chi connectivity index (χ4n) is 3.40. The van der Waals surface area contributed by atoms with Crippen LogP contribution in [-0.2, 0) is 13.0 Å². The molecule has 0 atom stereocenters. The molecule has 144 valence electrons. The molecule has 1 aromatic carbocycles. The summed E-state index contributed by atoms with van der Waals surface area (Å²) in [4.78, 5) is 0. The molecule has 0 bridgehead atoms. The number of benzene rings is 1. The quantitative estimate of drug-likeness (QED) is 0.496. The van der Waals surface area contributed by atoms with E-state index in [1.165, 1.54) is 69.0 Å². The van der Waals surface area contributed by atoms with Gasteiger partial charge in [-0.1, -0.05) is 93.3 Å². The lowest BCUT2D eigenvalue weighted by Crippen LogP contribution is -2.11. The number of unbranched alkanes of at least 4 members (excludes halogenated alkanes) is 8. The third-order valence-electron chi connectivity index (χ3n) is 5.02. The Hall–Kier alpha value is -1.68. The van der Waals surface area contributed by atoms with Crippen LogP contribution in [-0.4, -0.2) is 21.5 Å². The molecule has 2 aromatic rings. The van der Waals surface area contributed by atoms with Crippen molar-refractivity contribution in [3.8, 4) is 11.3 Å². The molecule has 0 aliphatic carbocycles. The lowest BCUT2D eigenvalue weighted by atomic mass is 10.1. The van der Waals surface area contributed by atoms with E-state index < -0.39 is 0 Å². The highest BCUT2D eigenvalue weighted by Crippen LogP contribution is 2.22. The summed E-state index contributed by atoms with van der Waals surface area (Å²) in [6.07, 6.45) is 12.9. The highest BCUT2D eigenvalue weighted by Gasteiger charge is 2.13. The summed E-state index contributed by atoms with van der Waals surface area (Å²) in [6.45, 7) is 5.95. The van der Waals surface area contributed by atoms with Crippen LogP contribution in [0.1, 0.15) is 76.0 Å². The molecule has 0 aliphatic heterocycles. The highest BCUT2D eigenvalue weighted by atomic mass is 15.4. The maximum Gasteiger partial charge on any atom is 0.116 e. The first kappa shape index (κ1) is 20.6. The first-order chi connectivity index (χ1) is 12.8. The third kappa shape index (κ3) is 6.56. The largest absolute Gasteiger partial charge is 0.330 e. The number of nitrogens with two attached hydrogens (primary N) is 1. The second-order valence-corrected chi connectivity index (χ2v) is 7.34. The zero-order valence-corrected chi connectivity index (χ0v) is 16.7. The smallest absolute Gasteiger partial charge is 0.116 e. The number of aryl methyl sites for hydroxylation is 2. The van der Waals surface area contributed by atoms with Gasteiger partial charge in [-0.05, 0) is 19.9 Å². The van der Waals surface area contributed by atoms with Crippen LogP contribution in [0.2, 0.25) is 0 Å². The van der Waals surface area contributed by atoms with Gasteiger partial charge in [0.2, 0.25) is 0 Å². The predicted octanol–water partition coefficient (Wildman–Crippen LogP) is 5.29. The molecule has 2 N–H and O–H groups in total. The zero-order chi connectivity index (χ0) is 18.6. The topological polar surface area (TPSA) is 56.7 Å². The van der Waals surface area contributed by atoms with Crippen molar-refractivity contribution >= 4 is 0 Å². The number of hydrogen-bond acceptors (Lipinski definition) is 3. The average molecular weight is 357 g/mol. The van der Waals surface area contributed by atoms with Gasteiger partial charge in [0.15, 0.2) is 0 Å². The molecule has 0 fully saturated rings. The standard InChI is InChI=1S/C22H36N4/c1-3-4-5-6-7-8-9-10-11-18-26-21(16-17-23)22(24-25-26)20-14-12-19(2)13-15-20/h12-15H,3-11,16-18,23H2,1-2H3. The maximum absolute atomic E-state index is 5.84. The van der Waals surface area contributed by atoms with E-state index in [1.807, 2.05) is 0 Å². The Morgan fingerprint density at radius 2 is 1.50 bits per heavy atom. The van der Waals surface area contributed by atoms with E-state index in [1.54, 1.807) is 0 Å². The zero-order valence-electron chi connectivity index (χ0n) is 16.7. The van der Waals surface area contributed by atoms with Gasteiger partial charge in [-0.2, -0.15) is 0 Å². The van der Waals surface area contributed by atoms with Gasteiger partial charge in [-0.3, -0.25) is 0 Å². The van der Waals surface area contributed by atoms with Gasteiger partial charge in [-0.15, -0.1) is 5.10 Å². The van der Waals surface area contributed by atoms with Crippen LogP contribution < -0.4 is 5.73 Å². The van der Waals surface area contributed by atoms with Gasteiger partial charge in [0.25, 0.3) is 0 Å². The van der Waals surface area contributed by atoms with Gasteiger partial charge in [0.1, 0.15) is 5.69 Å². The van der Waals surface area contributed by atoms with Gasteiger partial charge in [0, 0.05) is 18.5 Å². The molecule has 0 saturated heterocycles. The van der Waals surface area contributed by atoms with Gasteiger partial charge < -0.3 is 5.73 Å². The van der Waals surface area contributed by atoms with Crippen molar-refractivity contribution in [3.63, 3.8) is 0 Å². The first-order valence-corrected chi connectivity index (χ1v) is 10.5. The minimum atomic E-state index is 0.629. The van der Waals surface area contributed by atoms with Crippen molar-refractivity contribution in [2.45, 2.75) is 84.6 Å². The van der Waals surface area contributed by atoms with E-state index in [4.69, 9.17) is 5.73 Å². The van der Waals surface area contributed by atoms with E-state index in [2.05, 4.69) is 53.1 Å². The number of aromatic nitrogens is 3. The van der Waals surface area contributed by atoms with E-state index >= 15 is 0 Å². The SMILES string of the molecule is CCCCCCCCCCCn1nnc(-c2ccc(C)cc2)c1CCN. The predicted molar refractivity (Wildman–Crippen MR) is 110 cm³/mol. The van der Waals surface area contributed by atoms with Crippen molar-refractivity contribution in [2.24, 2.45) is 5.73 Å². The van der Waals surface area contributed by atoms with Crippen molar-refractivity contribution < 1.29 is 0 Å². The molecule has 0 saturated carbocycles. The number of rotatable bonds is 13. The lowest BCUT2D eigenvalue weighted by molar-refractivity contribution is 0.497. The van der Waals surface area contributed by atoms with Crippen LogP contribution in [0, 0.1) is 6.92 Å². The number of nitrogens with zero attached hydrogens (tertiary/aromatic N) is 3. The molecule has 2 rings (SSSR count). The molecule has 26 heavy (non-hydrogen) atoms. The molecular formula is C22H36N4. The van der Waals surface area contributed by atoms with E-state index in [0.29, 0.717) is 6.54 Å². The summed E-state index contributed by atoms with van der Waals surface area (Å²) >= 11 is 0. The highest BCUT2D eigenvalue weighted by molar-refractivity contribution is 5.61. The molecule has 4 nitrogen and oxygen atoms in total. The summed E-state index contributed by atoms with van der Waals surface area (Å²) in [5.41, 5.74) is 10.4. The Morgan fingerprint density at radius 1 is 0.885 bits per heavy atom. The summed E-state index contributed by atoms with van der Waals surface area (Å²) < 4.78 is 2.07. The first-order valence-electron chi connectivity index (χ1n) is 10.5. The van der Waals surface area contributed by atoms with Crippen molar-refractivity contribution in [1.29, 1.82) is 0 Å². The Morgan fingerprint density at radius 3 is 2.12 bits per heavy atom. The molecule has 4 heteroatoms. The lowest BCUT2D eigenvalue weighted by Gasteiger charge is -2.08. The molecular weight excluding hydrogens is 320 g/mol. The van der Waals surface area contributed by atoms with Crippen LogP contribution in [0.25, 0.3) is 11.3 Å². The third-order valence-corrected chi connectivity index (χ3v) is 5.02. The molecule has 0 radical (unpaired) electrons. The fraction of sp³-hybridized carbons (Fsp3) is 0.636. The molecule has 0 amide bonds. The minimum absolute atomic E-state index is 0.629. The van der Waals surface area contributed by atoms with E-state index in [9.17, 15) is 0 Å². The van der Waals surface area contributed by atoms with Crippen molar-refractivity contribution in [3.05, 3.63) is 35.5 Å². The maximum atomic E-state index is 5.84. The second-order valence-electron chi connectivity index (χ2n) is 7.34. The Balaban J connectivity index is 1.81. The molecule has 0 aliphatic rings. The summed E-state index contributed by atoms with van der Waals surface area (Å²) in [5.74, 6) is 0. The van der Waals surface area contributed by atoms with Crippen LogP contribution in [0.4, 0.5) is 0 Å². The molecule has 1 heterocycles. The molecule has 0 spiro atoms. The molecule has 1 aromatic heterocycles. The Kier molecular flexibility index (Phi) is 9.40. The second kappa shape index (κ2) is 11.8. The summed E-state index contributed by atoms with van der Waals surface area (Å²) in [5, 5.41) is 8.86. The van der Waals surface area contributed by atoms with E-state index in [0.717, 1.165) is 24.2 Å². The molecule has 0 unspecified atom stereocenters. The van der Waals surface area contributed by atoms with E-state index in [-0.39, 0.29) is 0 Å². The minimum Gasteiger partial charge on any atom is -0.330 e. The summed E-state index contributed by atoms with van der Waals surface area (Å²) in [6, 6.07) is 8.51. The van der Waals surface area contributed by atoms with Gasteiger partial charge in [0.05, 0.1) is 5.69 Å². The summed E-state index contributed by atoms with van der Waals surface area (Å²) in [7, 11) is 0. The fourth-order valence-corrected chi connectivity index (χ4v) is 3.40. The average Bonchev–Trinajstić information content (AvgIpc) is 3.04. The van der Waals surface area contributed by atoms with Crippen molar-refractivity contribution in [1.82, 2.24) is 15.0 Å². The van der Waals surface area contributed by atoms with Gasteiger partial charge >= 0.3 is 0 Å². The Labute approximate surface area is 159 Å². The van der Waals surface area contributed by atoms with Crippen LogP contribution in [0.15, 0.2) is 24.3 Å². The van der Waals surface area contributed by atoms with Crippen LogP contribution >= 0.6 is 0 Å². The van der Waals surface area contributed by atoms with Crippen molar-refractivity contribution in [2.75, 3.05) is 6.54 Å². The Bertz CT molecular complexity index is 616. The number of hydrogen-bond donors (Lipinski definition) is 1. The normalized spacial score (nSPS) is 11.2. The van der Waals surface area contributed by atoms with Crippen LogP contribution in [0.3, 0.4) is 0 Å². The monoisotopic (exact) mass is 356 g/mol.